The fourth-order valence-corrected chi connectivity index (χ4v) is 4.29. The Bertz CT molecular complexity index is 998. The quantitative estimate of drug-likeness (QED) is 0.413. The Labute approximate surface area is 181 Å². The highest BCUT2D eigenvalue weighted by molar-refractivity contribution is 8.26. The van der Waals surface area contributed by atoms with Crippen LogP contribution in [0.25, 0.3) is 6.08 Å². The molecular formula is C19H17N3O4S3. The van der Waals surface area contributed by atoms with Gasteiger partial charge < -0.3 is 4.74 Å². The number of rotatable bonds is 6. The number of aromatic nitrogens is 1. The Balaban J connectivity index is 1.62. The molecule has 0 radical (unpaired) electrons. The summed E-state index contributed by atoms with van der Waals surface area (Å²) in [6.45, 7) is 2.06. The van der Waals surface area contributed by atoms with Crippen molar-refractivity contribution in [1.29, 1.82) is 0 Å². The van der Waals surface area contributed by atoms with E-state index < -0.39 is 0 Å². The smallest absolute Gasteiger partial charge is 0.311 e. The van der Waals surface area contributed by atoms with Crippen LogP contribution < -0.4 is 5.32 Å². The van der Waals surface area contributed by atoms with Crippen molar-refractivity contribution in [3.8, 4) is 0 Å². The van der Waals surface area contributed by atoms with Crippen LogP contribution >= 0.6 is 35.3 Å². The lowest BCUT2D eigenvalue weighted by Gasteiger charge is -2.04. The van der Waals surface area contributed by atoms with Gasteiger partial charge in [-0.1, -0.05) is 36.1 Å². The first-order valence-corrected chi connectivity index (χ1v) is 10.7. The second-order valence-corrected chi connectivity index (χ2v) is 8.48. The highest BCUT2D eigenvalue weighted by atomic mass is 32.2. The summed E-state index contributed by atoms with van der Waals surface area (Å²) in [7, 11) is 1.64. The van der Waals surface area contributed by atoms with Gasteiger partial charge in [0.2, 0.25) is 0 Å². The molecule has 0 spiro atoms. The molecule has 2 amide bonds. The van der Waals surface area contributed by atoms with E-state index in [-0.39, 0.29) is 24.2 Å². The van der Waals surface area contributed by atoms with Crippen LogP contribution in [0, 0.1) is 0 Å². The minimum Gasteiger partial charge on any atom is -0.466 e. The molecule has 1 aromatic carbocycles. The van der Waals surface area contributed by atoms with E-state index in [4.69, 9.17) is 17.0 Å². The van der Waals surface area contributed by atoms with Crippen LogP contribution in [0.15, 0.2) is 34.6 Å². The minimum atomic E-state index is -0.355. The van der Waals surface area contributed by atoms with Crippen molar-refractivity contribution >= 4 is 68.6 Å². The molecule has 1 fully saturated rings. The van der Waals surface area contributed by atoms with Crippen molar-refractivity contribution < 1.29 is 19.1 Å². The number of ether oxygens (including phenoxy) is 1. The molecule has 2 aromatic rings. The SMILES string of the molecule is CCOC(=O)Cc1csc(NC(=O)c2ccc(/C=C3/SC(=S)N(C)C3=O)cc2)n1. The summed E-state index contributed by atoms with van der Waals surface area (Å²) in [6.07, 6.45) is 1.81. The molecular weight excluding hydrogens is 430 g/mol. The predicted octanol–water partition coefficient (Wildman–Crippen LogP) is 3.33. The van der Waals surface area contributed by atoms with E-state index in [0.717, 1.165) is 5.56 Å². The third-order valence-corrected chi connectivity index (χ3v) is 6.15. The van der Waals surface area contributed by atoms with Gasteiger partial charge in [0.15, 0.2) is 5.13 Å². The summed E-state index contributed by atoms with van der Waals surface area (Å²) in [6, 6.07) is 6.85. The lowest BCUT2D eigenvalue weighted by Crippen LogP contribution is -2.22. The van der Waals surface area contributed by atoms with Crippen molar-refractivity contribution in [1.82, 2.24) is 9.88 Å². The largest absolute Gasteiger partial charge is 0.466 e. The zero-order valence-corrected chi connectivity index (χ0v) is 18.1. The lowest BCUT2D eigenvalue weighted by atomic mass is 10.1. The Morgan fingerprint density at radius 1 is 1.31 bits per heavy atom. The Morgan fingerprint density at radius 3 is 2.66 bits per heavy atom. The number of carbonyl (C=O) groups is 3. The molecule has 7 nitrogen and oxygen atoms in total. The second kappa shape index (κ2) is 9.29. The average molecular weight is 448 g/mol. The average Bonchev–Trinajstić information content (AvgIpc) is 3.22. The Kier molecular flexibility index (Phi) is 6.78. The van der Waals surface area contributed by atoms with E-state index in [1.54, 1.807) is 49.7 Å². The normalized spacial score (nSPS) is 15.1. The zero-order valence-electron chi connectivity index (χ0n) is 15.6. The van der Waals surface area contributed by atoms with Crippen molar-refractivity contribution in [3.63, 3.8) is 0 Å². The number of thiazole rings is 1. The summed E-state index contributed by atoms with van der Waals surface area (Å²) in [5.41, 5.74) is 1.79. The molecule has 1 aromatic heterocycles. The number of thiocarbonyl (C=S) groups is 1. The molecule has 1 aliphatic heterocycles. The van der Waals surface area contributed by atoms with Crippen molar-refractivity contribution in [3.05, 3.63) is 51.4 Å². The number of likely N-dealkylation sites (N-methyl/N-ethyl adjacent to an activating group) is 1. The molecule has 1 N–H and O–H groups in total. The molecule has 1 aliphatic rings. The molecule has 1 saturated heterocycles. The number of nitrogens with zero attached hydrogens (tertiary/aromatic N) is 2. The number of hydrogen-bond acceptors (Lipinski definition) is 8. The van der Waals surface area contributed by atoms with E-state index in [9.17, 15) is 14.4 Å². The standard InChI is InChI=1S/C19H17N3O4S3/c1-3-26-15(23)9-13-10-28-18(20-13)21-16(24)12-6-4-11(5-7-12)8-14-17(25)22(2)19(27)29-14/h4-8,10H,3,9H2,1-2H3,(H,20,21,24)/b14-8+. The monoisotopic (exact) mass is 447 g/mol. The van der Waals surface area contributed by atoms with E-state index in [0.29, 0.717) is 32.2 Å². The Morgan fingerprint density at radius 2 is 2.03 bits per heavy atom. The topological polar surface area (TPSA) is 88.6 Å². The first-order chi connectivity index (χ1) is 13.9. The highest BCUT2D eigenvalue weighted by Crippen LogP contribution is 2.31. The summed E-state index contributed by atoms with van der Waals surface area (Å²) in [4.78, 5) is 42.2. The van der Waals surface area contributed by atoms with Gasteiger partial charge in [0.25, 0.3) is 11.8 Å². The van der Waals surface area contributed by atoms with Crippen LogP contribution in [-0.2, 0) is 20.7 Å². The third kappa shape index (κ3) is 5.28. The van der Waals surface area contributed by atoms with E-state index in [2.05, 4.69) is 10.3 Å². The Hall–Kier alpha value is -2.56. The summed E-state index contributed by atoms with van der Waals surface area (Å²) < 4.78 is 5.40. The fourth-order valence-electron chi connectivity index (χ4n) is 2.40. The van der Waals surface area contributed by atoms with Crippen LogP contribution in [0.2, 0.25) is 0 Å². The second-order valence-electron chi connectivity index (χ2n) is 5.94. The van der Waals surface area contributed by atoms with Gasteiger partial charge in [0.05, 0.1) is 23.6 Å². The summed E-state index contributed by atoms with van der Waals surface area (Å²) in [5.74, 6) is -0.802. The molecule has 29 heavy (non-hydrogen) atoms. The number of anilines is 1. The number of nitrogens with one attached hydrogen (secondary N) is 1. The first-order valence-electron chi connectivity index (χ1n) is 8.60. The number of carbonyl (C=O) groups excluding carboxylic acids is 3. The lowest BCUT2D eigenvalue weighted by molar-refractivity contribution is -0.142. The molecule has 0 unspecified atom stereocenters. The fraction of sp³-hybridized carbons (Fsp3) is 0.211. The number of hydrogen-bond donors (Lipinski definition) is 1. The zero-order chi connectivity index (χ0) is 21.0. The minimum absolute atomic E-state index is 0.0684. The van der Waals surface area contributed by atoms with Gasteiger partial charge in [-0.15, -0.1) is 11.3 Å². The van der Waals surface area contributed by atoms with Crippen molar-refractivity contribution in [2.45, 2.75) is 13.3 Å². The van der Waals surface area contributed by atoms with Gasteiger partial charge in [-0.3, -0.25) is 24.6 Å². The highest BCUT2D eigenvalue weighted by Gasteiger charge is 2.28. The van der Waals surface area contributed by atoms with Crippen molar-refractivity contribution in [2.75, 3.05) is 19.0 Å². The van der Waals surface area contributed by atoms with E-state index >= 15 is 0 Å². The third-order valence-electron chi connectivity index (χ3n) is 3.86. The molecule has 10 heteroatoms. The van der Waals surface area contributed by atoms with Crippen LogP contribution in [0.1, 0.15) is 28.5 Å². The van der Waals surface area contributed by atoms with E-state index in [1.807, 2.05) is 0 Å². The molecule has 150 valence electrons. The van der Waals surface area contributed by atoms with E-state index in [1.165, 1.54) is 28.0 Å². The maximum atomic E-state index is 12.4. The van der Waals surface area contributed by atoms with Gasteiger partial charge in [-0.25, -0.2) is 4.98 Å². The van der Waals surface area contributed by atoms with Crippen LogP contribution in [0.5, 0.6) is 0 Å². The van der Waals surface area contributed by atoms with Crippen LogP contribution in [0.4, 0.5) is 5.13 Å². The number of amides is 2. The maximum absolute atomic E-state index is 12.4. The summed E-state index contributed by atoms with van der Waals surface area (Å²) in [5, 5.41) is 4.83. The van der Waals surface area contributed by atoms with Gasteiger partial charge >= 0.3 is 5.97 Å². The van der Waals surface area contributed by atoms with Gasteiger partial charge in [0.1, 0.15) is 4.32 Å². The molecule has 0 aliphatic carbocycles. The van der Waals surface area contributed by atoms with Crippen LogP contribution in [-0.4, -0.2) is 45.6 Å². The summed E-state index contributed by atoms with van der Waals surface area (Å²) >= 11 is 7.60. The first kappa shape index (κ1) is 21.2. The maximum Gasteiger partial charge on any atom is 0.311 e. The number of esters is 1. The van der Waals surface area contributed by atoms with Crippen LogP contribution in [0.3, 0.4) is 0 Å². The predicted molar refractivity (Wildman–Crippen MR) is 118 cm³/mol. The number of thioether (sulfide) groups is 1. The molecule has 0 saturated carbocycles. The van der Waals surface area contributed by atoms with Gasteiger partial charge in [-0.2, -0.15) is 0 Å². The van der Waals surface area contributed by atoms with Gasteiger partial charge in [0, 0.05) is 18.0 Å². The molecule has 3 rings (SSSR count). The molecule has 0 bridgehead atoms. The van der Waals surface area contributed by atoms with Crippen molar-refractivity contribution in [2.24, 2.45) is 0 Å². The molecule has 0 atom stereocenters. The van der Waals surface area contributed by atoms with Gasteiger partial charge in [-0.05, 0) is 30.7 Å². The number of benzene rings is 1. The molecule has 2 heterocycles.